The van der Waals surface area contributed by atoms with Gasteiger partial charge in [0.25, 0.3) is 5.22 Å². The van der Waals surface area contributed by atoms with Crippen LogP contribution in [0.25, 0.3) is 11.5 Å². The maximum absolute atomic E-state index is 12.6. The van der Waals surface area contributed by atoms with E-state index in [2.05, 4.69) is 15.5 Å². The molecule has 0 saturated heterocycles. The third-order valence-electron chi connectivity index (χ3n) is 4.19. The average molecular weight is 398 g/mol. The molecule has 0 aliphatic carbocycles. The Labute approximate surface area is 168 Å². The van der Waals surface area contributed by atoms with Crippen LogP contribution < -0.4 is 10.1 Å². The number of carbonyl (C=O) groups is 1. The van der Waals surface area contributed by atoms with Gasteiger partial charge in [-0.1, -0.05) is 30.0 Å². The second-order valence-corrected chi connectivity index (χ2v) is 7.64. The van der Waals surface area contributed by atoms with Crippen molar-refractivity contribution in [3.05, 3.63) is 53.6 Å². The lowest BCUT2D eigenvalue weighted by Gasteiger charge is -2.14. The average Bonchev–Trinajstić information content (AvgIpc) is 3.14. The van der Waals surface area contributed by atoms with Crippen molar-refractivity contribution >= 4 is 23.4 Å². The molecule has 1 atom stereocenters. The van der Waals surface area contributed by atoms with Crippen LogP contribution in [0.3, 0.4) is 0 Å². The zero-order valence-corrected chi connectivity index (χ0v) is 17.2. The molecule has 0 unspecified atom stereocenters. The summed E-state index contributed by atoms with van der Waals surface area (Å²) in [5, 5.41) is 11.1. The predicted molar refractivity (Wildman–Crippen MR) is 111 cm³/mol. The lowest BCUT2D eigenvalue weighted by molar-refractivity contribution is -0.115. The summed E-state index contributed by atoms with van der Waals surface area (Å²) in [5.74, 6) is 1.09. The van der Waals surface area contributed by atoms with E-state index in [-0.39, 0.29) is 11.2 Å². The van der Waals surface area contributed by atoms with Gasteiger partial charge in [-0.3, -0.25) is 4.79 Å². The Bertz CT molecular complexity index is 934. The zero-order valence-electron chi connectivity index (χ0n) is 16.4. The fourth-order valence-corrected chi connectivity index (χ4v) is 3.36. The van der Waals surface area contributed by atoms with Crippen LogP contribution in [-0.4, -0.2) is 28.0 Å². The highest BCUT2D eigenvalue weighted by Gasteiger charge is 2.20. The molecule has 2 aromatic carbocycles. The number of amides is 1. The highest BCUT2D eigenvalue weighted by atomic mass is 32.2. The van der Waals surface area contributed by atoms with Crippen LogP contribution in [-0.2, 0) is 4.79 Å². The zero-order chi connectivity index (χ0) is 20.1. The number of benzene rings is 2. The second-order valence-electron chi connectivity index (χ2n) is 6.35. The molecule has 28 heavy (non-hydrogen) atoms. The van der Waals surface area contributed by atoms with Crippen LogP contribution in [0, 0.1) is 13.8 Å². The molecular weight excluding hydrogens is 374 g/mol. The maximum atomic E-state index is 12.6. The number of ether oxygens (including phenoxy) is 1. The first-order valence-corrected chi connectivity index (χ1v) is 9.96. The summed E-state index contributed by atoms with van der Waals surface area (Å²) in [6.07, 6.45) is 0. The summed E-state index contributed by atoms with van der Waals surface area (Å²) in [6.45, 7) is 8.31. The van der Waals surface area contributed by atoms with E-state index in [1.807, 2.05) is 70.2 Å². The van der Waals surface area contributed by atoms with E-state index in [0.717, 1.165) is 28.1 Å². The molecule has 1 N–H and O–H groups in total. The molecule has 7 heteroatoms. The fourth-order valence-electron chi connectivity index (χ4n) is 2.68. The Kier molecular flexibility index (Phi) is 6.36. The molecule has 0 saturated carbocycles. The van der Waals surface area contributed by atoms with Gasteiger partial charge < -0.3 is 14.5 Å². The van der Waals surface area contributed by atoms with Crippen LogP contribution in [0.1, 0.15) is 25.0 Å². The summed E-state index contributed by atoms with van der Waals surface area (Å²) in [6, 6.07) is 13.4. The van der Waals surface area contributed by atoms with E-state index in [1.54, 1.807) is 0 Å². The highest BCUT2D eigenvalue weighted by molar-refractivity contribution is 8.00. The van der Waals surface area contributed by atoms with Gasteiger partial charge in [-0.15, -0.1) is 10.2 Å². The summed E-state index contributed by atoms with van der Waals surface area (Å²) in [4.78, 5) is 12.6. The number of thioether (sulfide) groups is 1. The number of rotatable bonds is 7. The summed E-state index contributed by atoms with van der Waals surface area (Å²) >= 11 is 1.23. The molecular formula is C21H23N3O3S. The summed E-state index contributed by atoms with van der Waals surface area (Å²) in [7, 11) is 0. The fraction of sp³-hybridized carbons (Fsp3) is 0.286. The Morgan fingerprint density at radius 1 is 1.14 bits per heavy atom. The van der Waals surface area contributed by atoms with E-state index in [1.165, 1.54) is 11.8 Å². The predicted octanol–water partition coefficient (Wildman–Crippen LogP) is 4.87. The van der Waals surface area contributed by atoms with E-state index in [4.69, 9.17) is 9.15 Å². The number of hydrogen-bond acceptors (Lipinski definition) is 6. The molecule has 146 valence electrons. The largest absolute Gasteiger partial charge is 0.494 e. The summed E-state index contributed by atoms with van der Waals surface area (Å²) in [5.41, 5.74) is 3.71. The molecule has 3 aromatic rings. The molecule has 1 amide bonds. The Morgan fingerprint density at radius 2 is 1.82 bits per heavy atom. The molecule has 6 nitrogen and oxygen atoms in total. The molecule has 0 aliphatic rings. The Morgan fingerprint density at radius 3 is 2.46 bits per heavy atom. The first kappa shape index (κ1) is 19.9. The van der Waals surface area contributed by atoms with Crippen LogP contribution >= 0.6 is 11.8 Å². The van der Waals surface area contributed by atoms with Crippen molar-refractivity contribution in [1.29, 1.82) is 0 Å². The van der Waals surface area contributed by atoms with Crippen molar-refractivity contribution in [3.63, 3.8) is 0 Å². The van der Waals surface area contributed by atoms with Gasteiger partial charge in [0.05, 0.1) is 11.9 Å². The molecule has 1 heterocycles. The van der Waals surface area contributed by atoms with Gasteiger partial charge in [-0.2, -0.15) is 0 Å². The highest BCUT2D eigenvalue weighted by Crippen LogP contribution is 2.28. The standard InChI is InChI=1S/C21H23N3O3S/c1-5-26-17-11-9-16(10-12-17)20-23-24-21(27-20)28-15(4)19(25)22-18-13(2)7-6-8-14(18)3/h6-12,15H,5H2,1-4H3,(H,22,25)/t15-/m0/s1. The monoisotopic (exact) mass is 397 g/mol. The van der Waals surface area contributed by atoms with E-state index in [9.17, 15) is 4.79 Å². The summed E-state index contributed by atoms with van der Waals surface area (Å²) < 4.78 is 11.1. The van der Waals surface area contributed by atoms with Crippen LogP contribution in [0.2, 0.25) is 0 Å². The topological polar surface area (TPSA) is 77.2 Å². The van der Waals surface area contributed by atoms with Crippen LogP contribution in [0.4, 0.5) is 5.69 Å². The van der Waals surface area contributed by atoms with Crippen molar-refractivity contribution < 1.29 is 13.9 Å². The van der Waals surface area contributed by atoms with Gasteiger partial charge in [0.1, 0.15) is 5.75 Å². The van der Waals surface area contributed by atoms with Gasteiger partial charge in [0.15, 0.2) is 0 Å². The molecule has 3 rings (SSSR count). The number of nitrogens with one attached hydrogen (secondary N) is 1. The molecule has 0 bridgehead atoms. The Hall–Kier alpha value is -2.80. The first-order chi connectivity index (χ1) is 13.5. The number of aromatic nitrogens is 2. The maximum Gasteiger partial charge on any atom is 0.277 e. The number of para-hydroxylation sites is 1. The number of aryl methyl sites for hydroxylation is 2. The van der Waals surface area contributed by atoms with E-state index < -0.39 is 0 Å². The number of hydrogen-bond donors (Lipinski definition) is 1. The van der Waals surface area contributed by atoms with Gasteiger partial charge in [-0.25, -0.2) is 0 Å². The van der Waals surface area contributed by atoms with Crippen LogP contribution in [0.5, 0.6) is 5.75 Å². The van der Waals surface area contributed by atoms with Gasteiger partial charge in [0, 0.05) is 11.3 Å². The molecule has 0 radical (unpaired) electrons. The normalized spacial score (nSPS) is 11.9. The number of anilines is 1. The van der Waals surface area contributed by atoms with Gasteiger partial charge >= 0.3 is 0 Å². The van der Waals surface area contributed by atoms with E-state index >= 15 is 0 Å². The third-order valence-corrected chi connectivity index (χ3v) is 5.13. The minimum absolute atomic E-state index is 0.108. The van der Waals surface area contributed by atoms with Crippen molar-refractivity contribution in [3.8, 4) is 17.2 Å². The lowest BCUT2D eigenvalue weighted by atomic mass is 10.1. The molecule has 0 fully saturated rings. The van der Waals surface area contributed by atoms with E-state index in [0.29, 0.717) is 17.7 Å². The second kappa shape index (κ2) is 8.93. The molecule has 1 aromatic heterocycles. The van der Waals surface area contributed by atoms with Crippen molar-refractivity contribution in [2.75, 3.05) is 11.9 Å². The lowest BCUT2D eigenvalue weighted by Crippen LogP contribution is -2.23. The Balaban J connectivity index is 1.64. The SMILES string of the molecule is CCOc1ccc(-c2nnc(S[C@@H](C)C(=O)Nc3c(C)cccc3C)o2)cc1. The smallest absolute Gasteiger partial charge is 0.277 e. The van der Waals surface area contributed by atoms with Crippen LogP contribution in [0.15, 0.2) is 52.1 Å². The first-order valence-electron chi connectivity index (χ1n) is 9.08. The molecule has 0 spiro atoms. The van der Waals surface area contributed by atoms with Crippen molar-refractivity contribution in [2.24, 2.45) is 0 Å². The minimum Gasteiger partial charge on any atom is -0.494 e. The van der Waals surface area contributed by atoms with Crippen molar-refractivity contribution in [1.82, 2.24) is 10.2 Å². The van der Waals surface area contributed by atoms with Gasteiger partial charge in [-0.05, 0) is 63.1 Å². The molecule has 0 aliphatic heterocycles. The minimum atomic E-state index is -0.382. The van der Waals surface area contributed by atoms with Crippen molar-refractivity contribution in [2.45, 2.75) is 38.2 Å². The third kappa shape index (κ3) is 4.72. The number of carbonyl (C=O) groups excluding carboxylic acids is 1. The quantitative estimate of drug-likeness (QED) is 0.573. The van der Waals surface area contributed by atoms with Gasteiger partial charge in [0.2, 0.25) is 11.8 Å². The number of nitrogens with zero attached hydrogens (tertiary/aromatic N) is 2.